The van der Waals surface area contributed by atoms with Crippen molar-refractivity contribution < 1.29 is 14.3 Å². The summed E-state index contributed by atoms with van der Waals surface area (Å²) in [5.74, 6) is -0.817. The molecule has 0 aliphatic carbocycles. The predicted octanol–water partition coefficient (Wildman–Crippen LogP) is 1.52. The average molecular weight is 191 g/mol. The third-order valence-corrected chi connectivity index (χ3v) is 2.02. The Kier molecular flexibility index (Phi) is 1.98. The molecule has 0 spiro atoms. The van der Waals surface area contributed by atoms with Gasteiger partial charge in [0.05, 0.1) is 0 Å². The Morgan fingerprint density at radius 1 is 1.43 bits per heavy atom. The maximum Gasteiger partial charge on any atom is 0.328 e. The van der Waals surface area contributed by atoms with E-state index in [4.69, 9.17) is 15.3 Å². The van der Waals surface area contributed by atoms with Gasteiger partial charge in [-0.15, -0.1) is 0 Å². The Balaban J connectivity index is 2.50. The zero-order chi connectivity index (χ0) is 10.1. The van der Waals surface area contributed by atoms with Crippen molar-refractivity contribution in [3.8, 4) is 0 Å². The van der Waals surface area contributed by atoms with Crippen molar-refractivity contribution in [2.45, 2.75) is 6.04 Å². The summed E-state index contributed by atoms with van der Waals surface area (Å²) >= 11 is 0. The zero-order valence-corrected chi connectivity index (χ0v) is 7.31. The second kappa shape index (κ2) is 3.16. The number of nitrogens with two attached hydrogens (primary N) is 1. The van der Waals surface area contributed by atoms with Gasteiger partial charge in [0.2, 0.25) is 0 Å². The number of carbonyl (C=O) groups is 1. The number of carboxylic acid groups (broad SMARTS) is 1. The summed E-state index contributed by atoms with van der Waals surface area (Å²) in [4.78, 5) is 10.6. The van der Waals surface area contributed by atoms with Crippen LogP contribution in [0.3, 0.4) is 0 Å². The smallest absolute Gasteiger partial charge is 0.328 e. The van der Waals surface area contributed by atoms with Crippen molar-refractivity contribution in [1.29, 1.82) is 0 Å². The number of benzene rings is 1. The van der Waals surface area contributed by atoms with Gasteiger partial charge in [0, 0.05) is 5.39 Å². The van der Waals surface area contributed by atoms with Crippen molar-refractivity contribution >= 4 is 16.9 Å². The van der Waals surface area contributed by atoms with Gasteiger partial charge in [0.15, 0.2) is 6.04 Å². The first-order chi connectivity index (χ1) is 6.68. The molecule has 0 amide bonds. The van der Waals surface area contributed by atoms with Crippen molar-refractivity contribution in [2.24, 2.45) is 5.73 Å². The summed E-state index contributed by atoms with van der Waals surface area (Å²) in [6, 6.07) is 7.84. The molecule has 1 aromatic carbocycles. The number of fused-ring (bicyclic) bond motifs is 1. The lowest BCUT2D eigenvalue weighted by Crippen LogP contribution is -2.19. The number of carboxylic acids is 1. The minimum Gasteiger partial charge on any atom is -0.480 e. The largest absolute Gasteiger partial charge is 0.480 e. The molecule has 1 heterocycles. The molecule has 0 bridgehead atoms. The van der Waals surface area contributed by atoms with Crippen LogP contribution in [0.4, 0.5) is 0 Å². The van der Waals surface area contributed by atoms with E-state index in [-0.39, 0.29) is 5.76 Å². The minimum atomic E-state index is -1.10. The van der Waals surface area contributed by atoms with Gasteiger partial charge in [-0.3, -0.25) is 4.79 Å². The van der Waals surface area contributed by atoms with Crippen LogP contribution in [-0.2, 0) is 4.79 Å². The molecule has 0 fully saturated rings. The monoisotopic (exact) mass is 191 g/mol. The van der Waals surface area contributed by atoms with Crippen molar-refractivity contribution in [3.05, 3.63) is 36.1 Å². The maximum absolute atomic E-state index is 10.6. The summed E-state index contributed by atoms with van der Waals surface area (Å²) in [7, 11) is 0. The molecule has 4 heteroatoms. The van der Waals surface area contributed by atoms with Gasteiger partial charge < -0.3 is 15.3 Å². The van der Waals surface area contributed by atoms with E-state index in [1.54, 1.807) is 12.1 Å². The standard InChI is InChI=1S/C10H9NO3/c11-9(10(12)13)8-5-6-3-1-2-4-7(6)14-8/h1-5,9H,11H2,(H,12,13). The van der Waals surface area contributed by atoms with E-state index in [1.165, 1.54) is 0 Å². The fourth-order valence-electron chi connectivity index (χ4n) is 1.28. The fourth-order valence-corrected chi connectivity index (χ4v) is 1.28. The van der Waals surface area contributed by atoms with Crippen molar-refractivity contribution in [1.82, 2.24) is 0 Å². The molecule has 0 saturated heterocycles. The van der Waals surface area contributed by atoms with E-state index in [0.29, 0.717) is 5.58 Å². The lowest BCUT2D eigenvalue weighted by molar-refractivity contribution is -0.139. The molecule has 0 saturated carbocycles. The van der Waals surface area contributed by atoms with Gasteiger partial charge >= 0.3 is 5.97 Å². The summed E-state index contributed by atoms with van der Waals surface area (Å²) in [5, 5.41) is 9.54. The normalized spacial score (nSPS) is 12.9. The van der Waals surface area contributed by atoms with Crippen LogP contribution in [0.1, 0.15) is 11.8 Å². The Hall–Kier alpha value is -1.81. The summed E-state index contributed by atoms with van der Waals surface area (Å²) in [6.45, 7) is 0. The van der Waals surface area contributed by atoms with Crippen LogP contribution in [0.5, 0.6) is 0 Å². The highest BCUT2D eigenvalue weighted by molar-refractivity contribution is 5.81. The minimum absolute atomic E-state index is 0.277. The molecule has 4 nitrogen and oxygen atoms in total. The molecule has 72 valence electrons. The van der Waals surface area contributed by atoms with Crippen LogP contribution in [-0.4, -0.2) is 11.1 Å². The van der Waals surface area contributed by atoms with Crippen LogP contribution >= 0.6 is 0 Å². The molecule has 3 N–H and O–H groups in total. The van der Waals surface area contributed by atoms with Gasteiger partial charge in [0.1, 0.15) is 11.3 Å². The molecule has 1 aromatic heterocycles. The second-order valence-corrected chi connectivity index (χ2v) is 3.00. The van der Waals surface area contributed by atoms with E-state index >= 15 is 0 Å². The van der Waals surface area contributed by atoms with E-state index in [9.17, 15) is 4.79 Å². The molecule has 1 atom stereocenters. The van der Waals surface area contributed by atoms with E-state index < -0.39 is 12.0 Å². The van der Waals surface area contributed by atoms with Gasteiger partial charge in [0.25, 0.3) is 0 Å². The van der Waals surface area contributed by atoms with Crippen LogP contribution in [0.2, 0.25) is 0 Å². The Labute approximate surface area is 79.9 Å². The number of rotatable bonds is 2. The molecular formula is C10H9NO3. The number of hydrogen-bond acceptors (Lipinski definition) is 3. The van der Waals surface area contributed by atoms with Gasteiger partial charge in [-0.25, -0.2) is 0 Å². The van der Waals surface area contributed by atoms with E-state index in [2.05, 4.69) is 0 Å². The van der Waals surface area contributed by atoms with Crippen LogP contribution in [0, 0.1) is 0 Å². The van der Waals surface area contributed by atoms with E-state index in [1.807, 2.05) is 18.2 Å². The van der Waals surface area contributed by atoms with Gasteiger partial charge in [-0.1, -0.05) is 18.2 Å². The maximum atomic E-state index is 10.6. The first-order valence-corrected chi connectivity index (χ1v) is 4.15. The molecule has 1 unspecified atom stereocenters. The molecule has 0 aliphatic heterocycles. The SMILES string of the molecule is NC(C(=O)O)c1cc2ccccc2o1. The van der Waals surface area contributed by atoms with Gasteiger partial charge in [-0.2, -0.15) is 0 Å². The molecule has 0 radical (unpaired) electrons. The lowest BCUT2D eigenvalue weighted by atomic mass is 10.2. The number of para-hydroxylation sites is 1. The molecule has 14 heavy (non-hydrogen) atoms. The quantitative estimate of drug-likeness (QED) is 0.754. The second-order valence-electron chi connectivity index (χ2n) is 3.00. The number of hydrogen-bond donors (Lipinski definition) is 2. The Morgan fingerprint density at radius 3 is 2.79 bits per heavy atom. The zero-order valence-electron chi connectivity index (χ0n) is 7.31. The predicted molar refractivity (Wildman–Crippen MR) is 50.8 cm³/mol. The van der Waals surface area contributed by atoms with Crippen LogP contribution in [0.15, 0.2) is 34.7 Å². The lowest BCUT2D eigenvalue weighted by Gasteiger charge is -1.99. The van der Waals surface area contributed by atoms with Crippen LogP contribution < -0.4 is 5.73 Å². The third kappa shape index (κ3) is 1.36. The Morgan fingerprint density at radius 2 is 2.14 bits per heavy atom. The summed E-state index contributed by atoms with van der Waals surface area (Å²) < 4.78 is 5.29. The first-order valence-electron chi connectivity index (χ1n) is 4.15. The number of furan rings is 1. The Bertz CT molecular complexity index is 442. The topological polar surface area (TPSA) is 76.5 Å². The molecular weight excluding hydrogens is 182 g/mol. The fraction of sp³-hybridized carbons (Fsp3) is 0.100. The first kappa shape index (κ1) is 8.77. The van der Waals surface area contributed by atoms with Crippen LogP contribution in [0.25, 0.3) is 11.0 Å². The summed E-state index contributed by atoms with van der Waals surface area (Å²) in [5.41, 5.74) is 6.06. The highest BCUT2D eigenvalue weighted by Gasteiger charge is 2.18. The van der Waals surface area contributed by atoms with Gasteiger partial charge in [-0.05, 0) is 12.1 Å². The average Bonchev–Trinajstić information content (AvgIpc) is 2.59. The molecule has 2 aromatic rings. The van der Waals surface area contributed by atoms with Crippen molar-refractivity contribution in [3.63, 3.8) is 0 Å². The third-order valence-electron chi connectivity index (χ3n) is 2.02. The number of aliphatic carboxylic acids is 1. The van der Waals surface area contributed by atoms with Crippen molar-refractivity contribution in [2.75, 3.05) is 0 Å². The molecule has 0 aliphatic rings. The summed E-state index contributed by atoms with van der Waals surface area (Å²) in [6.07, 6.45) is 0. The molecule has 2 rings (SSSR count). The highest BCUT2D eigenvalue weighted by Crippen LogP contribution is 2.22. The van der Waals surface area contributed by atoms with E-state index in [0.717, 1.165) is 5.39 Å². The highest BCUT2D eigenvalue weighted by atomic mass is 16.4.